The van der Waals surface area contributed by atoms with E-state index in [1.165, 1.54) is 36.5 Å². The van der Waals surface area contributed by atoms with Crippen molar-refractivity contribution in [3.05, 3.63) is 129 Å². The molecule has 3 aromatic carbocycles. The first kappa shape index (κ1) is 29.7. The van der Waals surface area contributed by atoms with Crippen molar-refractivity contribution in [3.63, 3.8) is 0 Å². The Kier molecular flexibility index (Phi) is 8.65. The molecule has 4 nitrogen and oxygen atoms in total. The highest BCUT2D eigenvalue weighted by Crippen LogP contribution is 2.39. The van der Waals surface area contributed by atoms with Gasteiger partial charge in [-0.15, -0.1) is 0 Å². The Morgan fingerprint density at radius 2 is 1.48 bits per heavy atom. The first-order valence-electron chi connectivity index (χ1n) is 11.7. The lowest BCUT2D eigenvalue weighted by Gasteiger charge is -2.38. The molecule has 0 aliphatic heterocycles. The Morgan fingerprint density at radius 3 is 2.10 bits per heavy atom. The number of aliphatic hydroxyl groups is 1. The number of nitrogens with one attached hydrogen (secondary N) is 2. The second-order valence-corrected chi connectivity index (χ2v) is 9.74. The highest BCUT2D eigenvalue weighted by molar-refractivity contribution is 6.31. The number of nitrogens with zero attached hydrogens (tertiary/aromatic N) is 1. The van der Waals surface area contributed by atoms with E-state index in [9.17, 15) is 31.4 Å². The number of hydrogen-bond donors (Lipinski definition) is 3. The molecule has 0 radical (unpaired) electrons. The van der Waals surface area contributed by atoms with Crippen LogP contribution in [0.4, 0.5) is 32.0 Å². The van der Waals surface area contributed by atoms with Crippen LogP contribution < -0.4 is 10.6 Å². The molecular weight excluding hydrogens is 579 g/mol. The lowest BCUT2D eigenvalue weighted by atomic mass is 9.80. The van der Waals surface area contributed by atoms with Gasteiger partial charge in [-0.2, -0.15) is 26.3 Å². The molecule has 4 rings (SSSR count). The molecular formula is C28H21Cl2F6N3O. The minimum absolute atomic E-state index is 0.00303. The van der Waals surface area contributed by atoms with Gasteiger partial charge in [0.2, 0.25) is 0 Å². The zero-order valence-corrected chi connectivity index (χ0v) is 21.9. The molecule has 12 heteroatoms. The first-order valence-corrected chi connectivity index (χ1v) is 12.5. The molecule has 0 saturated heterocycles. The predicted molar refractivity (Wildman–Crippen MR) is 141 cm³/mol. The number of rotatable bonds is 8. The molecule has 0 spiro atoms. The van der Waals surface area contributed by atoms with Crippen LogP contribution in [0.1, 0.15) is 27.9 Å². The topological polar surface area (TPSA) is 57.2 Å². The molecule has 0 saturated carbocycles. The van der Waals surface area contributed by atoms with E-state index in [-0.39, 0.29) is 28.4 Å². The Balaban J connectivity index is 1.84. The number of pyridine rings is 1. The monoisotopic (exact) mass is 599 g/mol. The minimum atomic E-state index is -4.75. The number of aromatic nitrogens is 1. The van der Waals surface area contributed by atoms with Crippen molar-refractivity contribution in [2.75, 3.05) is 5.32 Å². The molecule has 0 aliphatic carbocycles. The van der Waals surface area contributed by atoms with Crippen LogP contribution in [0, 0.1) is 0 Å². The van der Waals surface area contributed by atoms with Crippen molar-refractivity contribution in [1.29, 1.82) is 0 Å². The Morgan fingerprint density at radius 1 is 0.775 bits per heavy atom. The summed E-state index contributed by atoms with van der Waals surface area (Å²) in [5, 5.41) is 16.2. The molecule has 0 amide bonds. The molecule has 3 N–H and O–H groups in total. The van der Waals surface area contributed by atoms with Crippen LogP contribution in [0.2, 0.25) is 10.0 Å². The van der Waals surface area contributed by atoms with Crippen molar-refractivity contribution >= 4 is 28.9 Å². The summed E-state index contributed by atoms with van der Waals surface area (Å²) < 4.78 is 81.4. The standard InChI is InChI=1S/C28H21Cl2F6N3O/c29-20-9-12-24(37-16-20)26(15-17-5-2-1-3-6-17,18-7-4-8-19(13-18)27(31,32)33)39-25(40)38-21-10-11-23(30)22(14-21)28(34,35)36/h1-14,16,25,38-40H,15H2. The summed E-state index contributed by atoms with van der Waals surface area (Å²) in [6.07, 6.45) is -9.89. The lowest BCUT2D eigenvalue weighted by Crippen LogP contribution is -2.53. The van der Waals surface area contributed by atoms with Crippen LogP contribution in [0.25, 0.3) is 0 Å². The molecule has 2 atom stereocenters. The van der Waals surface area contributed by atoms with Crippen molar-refractivity contribution in [3.8, 4) is 0 Å². The quantitative estimate of drug-likeness (QED) is 0.142. The van der Waals surface area contributed by atoms with Gasteiger partial charge in [0.25, 0.3) is 0 Å². The number of hydrogen-bond acceptors (Lipinski definition) is 4. The molecule has 40 heavy (non-hydrogen) atoms. The maximum atomic E-state index is 13.7. The van der Waals surface area contributed by atoms with Gasteiger partial charge in [-0.1, -0.05) is 65.7 Å². The van der Waals surface area contributed by atoms with Gasteiger partial charge in [0, 0.05) is 18.3 Å². The van der Waals surface area contributed by atoms with Gasteiger partial charge in [0.15, 0.2) is 6.35 Å². The van der Waals surface area contributed by atoms with E-state index in [1.807, 2.05) is 0 Å². The van der Waals surface area contributed by atoms with Gasteiger partial charge >= 0.3 is 12.4 Å². The van der Waals surface area contributed by atoms with E-state index in [2.05, 4.69) is 15.6 Å². The highest BCUT2D eigenvalue weighted by Gasteiger charge is 2.40. The maximum Gasteiger partial charge on any atom is 0.417 e. The van der Waals surface area contributed by atoms with E-state index >= 15 is 0 Å². The number of aliphatic hydroxyl groups excluding tert-OH is 1. The summed E-state index contributed by atoms with van der Waals surface area (Å²) in [6, 6.07) is 19.2. The fourth-order valence-electron chi connectivity index (χ4n) is 4.30. The summed E-state index contributed by atoms with van der Waals surface area (Å²) in [4.78, 5) is 4.35. The molecule has 0 bridgehead atoms. The third kappa shape index (κ3) is 6.87. The fraction of sp³-hybridized carbons (Fsp3) is 0.179. The van der Waals surface area contributed by atoms with Crippen LogP contribution in [0.15, 0.2) is 91.1 Å². The third-order valence-electron chi connectivity index (χ3n) is 6.12. The van der Waals surface area contributed by atoms with Crippen LogP contribution >= 0.6 is 23.2 Å². The Hall–Kier alpha value is -3.31. The molecule has 1 heterocycles. The average molecular weight is 600 g/mol. The van der Waals surface area contributed by atoms with Crippen molar-refractivity contribution < 1.29 is 31.4 Å². The van der Waals surface area contributed by atoms with Gasteiger partial charge in [0.05, 0.1) is 32.4 Å². The van der Waals surface area contributed by atoms with Crippen LogP contribution in [0.3, 0.4) is 0 Å². The lowest BCUT2D eigenvalue weighted by molar-refractivity contribution is -0.138. The van der Waals surface area contributed by atoms with Crippen molar-refractivity contribution in [2.24, 2.45) is 0 Å². The molecule has 0 aliphatic rings. The average Bonchev–Trinajstić information content (AvgIpc) is 2.89. The van der Waals surface area contributed by atoms with E-state index < -0.39 is 40.4 Å². The van der Waals surface area contributed by atoms with Crippen LogP contribution in [-0.4, -0.2) is 16.4 Å². The molecule has 210 valence electrons. The van der Waals surface area contributed by atoms with Gasteiger partial charge in [-0.3, -0.25) is 10.3 Å². The zero-order valence-electron chi connectivity index (χ0n) is 20.4. The zero-order chi connectivity index (χ0) is 29.1. The highest BCUT2D eigenvalue weighted by atomic mass is 35.5. The smallest absolute Gasteiger partial charge is 0.361 e. The minimum Gasteiger partial charge on any atom is -0.361 e. The molecule has 0 fully saturated rings. The van der Waals surface area contributed by atoms with E-state index in [0.717, 1.165) is 24.3 Å². The first-order chi connectivity index (χ1) is 18.8. The predicted octanol–water partition coefficient (Wildman–Crippen LogP) is 7.89. The van der Waals surface area contributed by atoms with Gasteiger partial charge in [-0.25, -0.2) is 0 Å². The fourth-order valence-corrected chi connectivity index (χ4v) is 4.64. The third-order valence-corrected chi connectivity index (χ3v) is 6.67. The van der Waals surface area contributed by atoms with Crippen LogP contribution in [0.5, 0.6) is 0 Å². The van der Waals surface area contributed by atoms with E-state index in [1.54, 1.807) is 30.3 Å². The Labute approximate surface area is 235 Å². The maximum absolute atomic E-state index is 13.7. The molecule has 2 unspecified atom stereocenters. The van der Waals surface area contributed by atoms with Gasteiger partial charge in [-0.05, 0) is 53.6 Å². The SMILES string of the molecule is OC(Nc1ccc(Cl)c(C(F)(F)F)c1)NC(Cc1ccccc1)(c1cccc(C(F)(F)F)c1)c1ccc(Cl)cn1. The Bertz CT molecular complexity index is 1450. The summed E-state index contributed by atoms with van der Waals surface area (Å²) in [5.41, 5.74) is -2.85. The largest absolute Gasteiger partial charge is 0.417 e. The van der Waals surface area contributed by atoms with Gasteiger partial charge in [0.1, 0.15) is 0 Å². The second kappa shape index (κ2) is 11.7. The number of benzene rings is 3. The molecule has 4 aromatic rings. The van der Waals surface area contributed by atoms with E-state index in [4.69, 9.17) is 23.2 Å². The van der Waals surface area contributed by atoms with Crippen LogP contribution in [-0.2, 0) is 24.3 Å². The summed E-state index contributed by atoms with van der Waals surface area (Å²) in [7, 11) is 0. The number of anilines is 1. The summed E-state index contributed by atoms with van der Waals surface area (Å²) in [5.74, 6) is 0. The normalized spacial score (nSPS) is 14.4. The van der Waals surface area contributed by atoms with Gasteiger partial charge < -0.3 is 10.4 Å². The van der Waals surface area contributed by atoms with Crippen molar-refractivity contribution in [1.82, 2.24) is 10.3 Å². The summed E-state index contributed by atoms with van der Waals surface area (Å²) in [6.45, 7) is 0. The second-order valence-electron chi connectivity index (χ2n) is 8.89. The van der Waals surface area contributed by atoms with E-state index in [0.29, 0.717) is 5.56 Å². The van der Waals surface area contributed by atoms with Crippen molar-refractivity contribution in [2.45, 2.75) is 30.7 Å². The molecule has 1 aromatic heterocycles. The summed E-state index contributed by atoms with van der Waals surface area (Å²) >= 11 is 11.7. The number of halogens is 8. The number of alkyl halides is 6.